The van der Waals surface area contributed by atoms with Gasteiger partial charge in [-0.3, -0.25) is 9.47 Å². The van der Waals surface area contributed by atoms with Gasteiger partial charge in [-0.2, -0.15) is 18.2 Å². The zero-order chi connectivity index (χ0) is 28.1. The van der Waals surface area contributed by atoms with Gasteiger partial charge in [0.15, 0.2) is 0 Å². The molecule has 0 bridgehead atoms. The quantitative estimate of drug-likeness (QED) is 0.365. The third kappa shape index (κ3) is 5.06. The molecule has 0 aliphatic carbocycles. The van der Waals surface area contributed by atoms with Gasteiger partial charge in [0, 0.05) is 54.4 Å². The number of thioether (sulfide) groups is 1. The van der Waals surface area contributed by atoms with Crippen molar-refractivity contribution < 1.29 is 27.4 Å². The standard InChI is InChI=1S/C27H28F4N4O3S/c1-4-21(36)33-9-10-34(15(2)12-33)25-19-11-20(27(29,30)31)22(16-5-7-17(28)8-6-16)24-23(19)35(26(37)32-25)13-18(38-3)14-39-24/h4-8,11,15,18,21,36H,1,9-10,12-14H2,2-3H3/t15-,18-,21?/m0/s1. The fourth-order valence-electron chi connectivity index (χ4n) is 5.31. The van der Waals surface area contributed by atoms with Gasteiger partial charge in [-0.1, -0.05) is 18.7 Å². The molecule has 3 heterocycles. The molecule has 3 aromatic rings. The Morgan fingerprint density at radius 3 is 2.56 bits per heavy atom. The maximum Gasteiger partial charge on any atom is 0.417 e. The summed E-state index contributed by atoms with van der Waals surface area (Å²) < 4.78 is 64.7. The van der Waals surface area contributed by atoms with E-state index in [1.165, 1.54) is 41.6 Å². The second-order valence-electron chi connectivity index (χ2n) is 9.71. The first-order chi connectivity index (χ1) is 18.5. The van der Waals surface area contributed by atoms with Gasteiger partial charge in [-0.05, 0) is 36.8 Å². The summed E-state index contributed by atoms with van der Waals surface area (Å²) in [6.45, 7) is 6.74. The number of halogens is 4. The molecule has 5 rings (SSSR count). The van der Waals surface area contributed by atoms with Crippen LogP contribution in [0.1, 0.15) is 12.5 Å². The van der Waals surface area contributed by atoms with Crippen molar-refractivity contribution in [2.24, 2.45) is 0 Å². The zero-order valence-electron chi connectivity index (χ0n) is 21.4. The first kappa shape index (κ1) is 27.6. The van der Waals surface area contributed by atoms with Crippen LogP contribution in [0.5, 0.6) is 0 Å². The highest BCUT2D eigenvalue weighted by molar-refractivity contribution is 7.99. The number of ether oxygens (including phenoxy) is 1. The molecule has 0 radical (unpaired) electrons. The first-order valence-corrected chi connectivity index (χ1v) is 13.4. The fraction of sp³-hybridized carbons (Fsp3) is 0.407. The Balaban J connectivity index is 1.80. The van der Waals surface area contributed by atoms with Crippen LogP contribution >= 0.6 is 11.8 Å². The van der Waals surface area contributed by atoms with Crippen LogP contribution in [0, 0.1) is 5.82 Å². The summed E-state index contributed by atoms with van der Waals surface area (Å²) in [5, 5.41) is 10.4. The lowest BCUT2D eigenvalue weighted by atomic mass is 9.96. The smallest absolute Gasteiger partial charge is 0.379 e. The van der Waals surface area contributed by atoms with E-state index in [1.807, 2.05) is 11.8 Å². The molecule has 0 spiro atoms. The van der Waals surface area contributed by atoms with Gasteiger partial charge in [-0.15, -0.1) is 11.8 Å². The van der Waals surface area contributed by atoms with E-state index in [2.05, 4.69) is 11.6 Å². The zero-order valence-corrected chi connectivity index (χ0v) is 22.2. The number of hydrogen-bond acceptors (Lipinski definition) is 7. The highest BCUT2D eigenvalue weighted by Crippen LogP contribution is 2.48. The van der Waals surface area contributed by atoms with E-state index >= 15 is 0 Å². The minimum atomic E-state index is -4.74. The molecule has 1 N–H and O–H groups in total. The van der Waals surface area contributed by atoms with Gasteiger partial charge in [0.1, 0.15) is 17.9 Å². The van der Waals surface area contributed by atoms with Crippen molar-refractivity contribution in [3.63, 3.8) is 0 Å². The Labute approximate surface area is 226 Å². The topological polar surface area (TPSA) is 70.8 Å². The van der Waals surface area contributed by atoms with Crippen LogP contribution in [0.15, 0.2) is 52.7 Å². The number of aliphatic hydroxyl groups is 1. The lowest BCUT2D eigenvalue weighted by molar-refractivity contribution is -0.137. The van der Waals surface area contributed by atoms with E-state index in [0.29, 0.717) is 30.9 Å². The maximum absolute atomic E-state index is 14.7. The molecule has 208 valence electrons. The van der Waals surface area contributed by atoms with Crippen LogP contribution < -0.4 is 10.6 Å². The number of benzene rings is 2. The van der Waals surface area contributed by atoms with Gasteiger partial charge in [0.25, 0.3) is 0 Å². The number of aromatic nitrogens is 2. The highest BCUT2D eigenvalue weighted by atomic mass is 32.2. The van der Waals surface area contributed by atoms with E-state index in [1.54, 1.807) is 4.90 Å². The van der Waals surface area contributed by atoms with Crippen molar-refractivity contribution in [3.8, 4) is 11.1 Å². The molecule has 1 fully saturated rings. The number of alkyl halides is 3. The van der Waals surface area contributed by atoms with Crippen molar-refractivity contribution in [2.45, 2.75) is 42.9 Å². The first-order valence-electron chi connectivity index (χ1n) is 12.4. The number of piperazine rings is 1. The van der Waals surface area contributed by atoms with Gasteiger partial charge in [0.05, 0.1) is 23.7 Å². The van der Waals surface area contributed by atoms with Crippen LogP contribution in [0.3, 0.4) is 0 Å². The van der Waals surface area contributed by atoms with Crippen molar-refractivity contribution in [2.75, 3.05) is 37.4 Å². The molecule has 2 aliphatic rings. The average Bonchev–Trinajstić information content (AvgIpc) is 3.11. The van der Waals surface area contributed by atoms with Crippen molar-refractivity contribution in [1.82, 2.24) is 14.5 Å². The maximum atomic E-state index is 14.7. The summed E-state index contributed by atoms with van der Waals surface area (Å²) in [6.07, 6.45) is -4.62. The largest absolute Gasteiger partial charge is 0.417 e. The van der Waals surface area contributed by atoms with Crippen LogP contribution in [0.4, 0.5) is 23.4 Å². The SMILES string of the molecule is C=CC(O)N1CCN(c2nc(=O)n3c4c(c(-c5ccc(F)cc5)c(C(F)(F)F)cc24)SC[C@@H](OC)C3)[C@@H](C)C1. The molecule has 7 nitrogen and oxygen atoms in total. The Morgan fingerprint density at radius 2 is 1.95 bits per heavy atom. The molecular formula is C27H28F4N4O3S. The van der Waals surface area contributed by atoms with E-state index in [0.717, 1.165) is 18.2 Å². The van der Waals surface area contributed by atoms with E-state index < -0.39 is 35.6 Å². The Morgan fingerprint density at radius 1 is 1.23 bits per heavy atom. The molecule has 3 atom stereocenters. The summed E-state index contributed by atoms with van der Waals surface area (Å²) in [7, 11) is 1.49. The molecule has 2 aromatic carbocycles. The molecule has 0 saturated carbocycles. The van der Waals surface area contributed by atoms with Crippen molar-refractivity contribution >= 4 is 28.5 Å². The van der Waals surface area contributed by atoms with E-state index in [4.69, 9.17) is 4.74 Å². The highest BCUT2D eigenvalue weighted by Gasteiger charge is 2.39. The second-order valence-corrected chi connectivity index (χ2v) is 10.7. The predicted octanol–water partition coefficient (Wildman–Crippen LogP) is 4.36. The number of aliphatic hydroxyl groups excluding tert-OH is 1. The number of methoxy groups -OCH3 is 1. The third-order valence-electron chi connectivity index (χ3n) is 7.29. The predicted molar refractivity (Wildman–Crippen MR) is 143 cm³/mol. The third-order valence-corrected chi connectivity index (χ3v) is 8.51. The van der Waals surface area contributed by atoms with E-state index in [-0.39, 0.29) is 39.8 Å². The Bertz CT molecular complexity index is 1460. The minimum absolute atomic E-state index is 0.103. The van der Waals surface area contributed by atoms with Gasteiger partial charge < -0.3 is 14.7 Å². The van der Waals surface area contributed by atoms with Crippen LogP contribution in [-0.2, 0) is 17.5 Å². The molecule has 12 heteroatoms. The van der Waals surface area contributed by atoms with Crippen LogP contribution in [0.2, 0.25) is 0 Å². The van der Waals surface area contributed by atoms with Crippen LogP contribution in [0.25, 0.3) is 22.0 Å². The molecule has 1 unspecified atom stereocenters. The lowest BCUT2D eigenvalue weighted by Crippen LogP contribution is -2.55. The number of anilines is 1. The monoisotopic (exact) mass is 564 g/mol. The Hall–Kier alpha value is -2.93. The molecule has 0 amide bonds. The van der Waals surface area contributed by atoms with Gasteiger partial charge in [-0.25, -0.2) is 9.18 Å². The van der Waals surface area contributed by atoms with Gasteiger partial charge in [0.2, 0.25) is 0 Å². The summed E-state index contributed by atoms with van der Waals surface area (Å²) in [4.78, 5) is 21.7. The number of rotatable bonds is 5. The normalized spacial score (nSPS) is 21.2. The molecular weight excluding hydrogens is 536 g/mol. The molecule has 39 heavy (non-hydrogen) atoms. The second kappa shape index (κ2) is 10.6. The van der Waals surface area contributed by atoms with Crippen LogP contribution in [-0.4, -0.2) is 70.4 Å². The summed E-state index contributed by atoms with van der Waals surface area (Å²) >= 11 is 1.19. The molecule has 1 aromatic heterocycles. The molecule has 1 saturated heterocycles. The number of nitrogens with zero attached hydrogens (tertiary/aromatic N) is 4. The fourth-order valence-corrected chi connectivity index (χ4v) is 6.64. The Kier molecular flexibility index (Phi) is 7.49. The van der Waals surface area contributed by atoms with Crippen molar-refractivity contribution in [3.05, 3.63) is 64.9 Å². The van der Waals surface area contributed by atoms with Crippen molar-refractivity contribution in [1.29, 1.82) is 0 Å². The summed E-state index contributed by atoms with van der Waals surface area (Å²) in [5.74, 6) is -0.0870. The summed E-state index contributed by atoms with van der Waals surface area (Å²) in [5.41, 5.74) is -1.03. The average molecular weight is 565 g/mol. The van der Waals surface area contributed by atoms with E-state index in [9.17, 15) is 27.5 Å². The molecule has 2 aliphatic heterocycles. The minimum Gasteiger partial charge on any atom is -0.379 e. The summed E-state index contributed by atoms with van der Waals surface area (Å²) in [6, 6.07) is 5.67. The number of hydrogen-bond donors (Lipinski definition) is 1. The lowest BCUT2D eigenvalue weighted by Gasteiger charge is -2.42. The van der Waals surface area contributed by atoms with Gasteiger partial charge >= 0.3 is 11.9 Å².